The number of fused-ring (bicyclic) bond motifs is 24. The highest BCUT2D eigenvalue weighted by Gasteiger charge is 2.30. The molecule has 0 N–H and O–H groups in total. The third-order valence-electron chi connectivity index (χ3n) is 20.9. The summed E-state index contributed by atoms with van der Waals surface area (Å²) in [5, 5.41) is 18.7. The first-order valence-corrected chi connectivity index (χ1v) is 34.8. The average molecular weight is 1280 g/mol. The Kier molecular flexibility index (Phi) is 10.6. The maximum Gasteiger partial charge on any atom is 0.235 e. The second-order valence-corrected chi connectivity index (χ2v) is 28.1. The van der Waals surface area contributed by atoms with Crippen molar-refractivity contribution in [2.75, 3.05) is 0 Å². The van der Waals surface area contributed by atoms with Crippen molar-refractivity contribution in [3.8, 4) is 56.9 Å². The molecule has 8 nitrogen and oxygen atoms in total. The van der Waals surface area contributed by atoms with Gasteiger partial charge in [0.25, 0.3) is 0 Å². The Bertz CT molecular complexity index is 7180. The summed E-state index contributed by atoms with van der Waals surface area (Å²) in [5.41, 5.74) is 19.4. The van der Waals surface area contributed by atoms with Crippen molar-refractivity contribution < 1.29 is 0 Å². The summed E-state index contributed by atoms with van der Waals surface area (Å²) in [6.45, 7) is 0. The van der Waals surface area contributed by atoms with E-state index in [1.807, 2.05) is 0 Å². The number of rotatable bonds is 5. The number of hydrogen-bond donors (Lipinski definition) is 0. The summed E-state index contributed by atoms with van der Waals surface area (Å²) in [4.78, 5) is 26.9. The van der Waals surface area contributed by atoms with Crippen molar-refractivity contribution in [1.82, 2.24) is 38.2 Å². The second-order valence-electron chi connectivity index (χ2n) is 26.0. The molecular weight excluding hydrogens is 1230 g/mol. The Morgan fingerprint density at radius 1 is 0.235 bits per heavy atom. The van der Waals surface area contributed by atoms with E-state index in [-0.39, 0.29) is 0 Å². The lowest BCUT2D eigenvalue weighted by molar-refractivity contribution is 1.01. The van der Waals surface area contributed by atoms with Crippen molar-refractivity contribution in [2.45, 2.75) is 19.6 Å². The second kappa shape index (κ2) is 19.6. The SMILES string of the molecule is c1ccc(-n2c3ccc4c5cc(-c6ccc(-n7c8ccccc8c8c7ccc7c9ccc%10ccccc%10c9n(-c9nc%10c%11c(cccc%11n9)Sc9ccccc9-%10)c78)cc6)ccc5ccc4c3c3ccc4c(c5ccccc5n4-c4nc5c6c(cccc6n4)Sc4ccccc4-5)c32)cc1. The molecule has 0 aliphatic carbocycles. The van der Waals surface area contributed by atoms with E-state index in [0.717, 1.165) is 138 Å². The minimum atomic E-state index is 0.659. The molecule has 0 saturated heterocycles. The van der Waals surface area contributed by atoms with E-state index in [4.69, 9.17) is 19.9 Å². The molecule has 8 heterocycles. The number of benzene rings is 15. The van der Waals surface area contributed by atoms with E-state index >= 15 is 0 Å². The standard InChI is InChI=1S/C88H48N8S2/c1-2-17-53(18-3-1)94-70-45-42-56-57(77(70)64-44-47-72-79(86(64)94)61-21-7-11-27-69(61)95(72)87-89-66-24-14-30-75-80(66)82(91-87)62-22-8-12-28-73(62)97-75)40-36-51-32-33-52(48-65(51)56)49-34-38-54(39-35-49)93-68-26-10-6-20-60(68)78-71(93)46-43-59-58-41-37-50-16-4-5-19-55(50)84(58)96(85(59)78)88-90-67-25-15-31-76-81(67)83(92-88)63-23-9-13-29-74(63)98-76/h1-48H. The Balaban J connectivity index is 0.694. The van der Waals surface area contributed by atoms with Gasteiger partial charge < -0.3 is 9.13 Å². The highest BCUT2D eigenvalue weighted by molar-refractivity contribution is 8.00. The van der Waals surface area contributed by atoms with E-state index in [9.17, 15) is 0 Å². The van der Waals surface area contributed by atoms with E-state index in [1.54, 1.807) is 23.5 Å². The van der Waals surface area contributed by atoms with Crippen LogP contribution in [0.25, 0.3) is 198 Å². The molecule has 21 aromatic rings. The monoisotopic (exact) mass is 1280 g/mol. The first kappa shape index (κ1) is 53.0. The van der Waals surface area contributed by atoms with Crippen LogP contribution in [-0.4, -0.2) is 38.2 Å². The molecule has 0 unspecified atom stereocenters. The first-order valence-electron chi connectivity index (χ1n) is 33.2. The van der Waals surface area contributed by atoms with Gasteiger partial charge in [0, 0.05) is 101 Å². The Morgan fingerprint density at radius 2 is 0.714 bits per heavy atom. The summed E-state index contributed by atoms with van der Waals surface area (Å²) in [6, 6.07) is 107. The maximum atomic E-state index is 5.66. The van der Waals surface area contributed by atoms with Crippen LogP contribution in [0.3, 0.4) is 0 Å². The van der Waals surface area contributed by atoms with Crippen LogP contribution in [0, 0.1) is 0 Å². The third-order valence-corrected chi connectivity index (χ3v) is 23.2. The summed E-state index contributed by atoms with van der Waals surface area (Å²) < 4.78 is 9.59. The molecular formula is C88H48N8S2. The van der Waals surface area contributed by atoms with Gasteiger partial charge in [-0.3, -0.25) is 9.13 Å². The zero-order valence-electron chi connectivity index (χ0n) is 52.1. The lowest BCUT2D eigenvalue weighted by atomic mass is 9.95. The number of aromatic nitrogens is 8. The zero-order valence-corrected chi connectivity index (χ0v) is 53.7. The molecule has 2 aliphatic rings. The number of hydrogen-bond acceptors (Lipinski definition) is 6. The van der Waals surface area contributed by atoms with Crippen molar-refractivity contribution >= 4 is 165 Å². The van der Waals surface area contributed by atoms with Crippen molar-refractivity contribution in [2.24, 2.45) is 0 Å². The van der Waals surface area contributed by atoms with Crippen molar-refractivity contribution in [1.29, 1.82) is 0 Å². The molecule has 2 aliphatic heterocycles. The Morgan fingerprint density at radius 3 is 1.41 bits per heavy atom. The zero-order chi connectivity index (χ0) is 63.6. The van der Waals surface area contributed by atoms with Crippen LogP contribution < -0.4 is 0 Å². The van der Waals surface area contributed by atoms with Crippen molar-refractivity contribution in [3.63, 3.8) is 0 Å². The van der Waals surface area contributed by atoms with Crippen LogP contribution >= 0.6 is 23.5 Å². The highest BCUT2D eigenvalue weighted by Crippen LogP contribution is 2.52. The predicted molar refractivity (Wildman–Crippen MR) is 407 cm³/mol. The molecule has 23 rings (SSSR count). The van der Waals surface area contributed by atoms with Crippen molar-refractivity contribution in [3.05, 3.63) is 291 Å². The van der Waals surface area contributed by atoms with Gasteiger partial charge in [-0.15, -0.1) is 0 Å². The minimum Gasteiger partial charge on any atom is -0.309 e. The fourth-order valence-corrected chi connectivity index (χ4v) is 19.0. The summed E-state index contributed by atoms with van der Waals surface area (Å²) in [6.07, 6.45) is 0. The molecule has 0 atom stereocenters. The van der Waals surface area contributed by atoms with Crippen LogP contribution in [0.2, 0.25) is 0 Å². The molecule has 15 aromatic carbocycles. The van der Waals surface area contributed by atoms with E-state index in [2.05, 4.69) is 309 Å². The molecule has 0 spiro atoms. The molecule has 10 heteroatoms. The van der Waals surface area contributed by atoms with Crippen LogP contribution in [0.4, 0.5) is 0 Å². The van der Waals surface area contributed by atoms with E-state index in [0.29, 0.717) is 11.9 Å². The highest BCUT2D eigenvalue weighted by atomic mass is 32.2. The smallest absolute Gasteiger partial charge is 0.235 e. The van der Waals surface area contributed by atoms with Gasteiger partial charge in [-0.1, -0.05) is 218 Å². The largest absolute Gasteiger partial charge is 0.309 e. The van der Waals surface area contributed by atoms with Crippen LogP contribution in [-0.2, 0) is 0 Å². The average Bonchev–Trinajstić information content (AvgIpc) is 1.41. The third kappa shape index (κ3) is 7.15. The fourth-order valence-electron chi connectivity index (χ4n) is 16.8. The number of nitrogens with zero attached hydrogens (tertiary/aromatic N) is 8. The molecule has 452 valence electrons. The van der Waals surface area contributed by atoms with Gasteiger partial charge in [0.2, 0.25) is 11.9 Å². The fraction of sp³-hybridized carbons (Fsp3) is 0. The predicted octanol–water partition coefficient (Wildman–Crippen LogP) is 23.4. The van der Waals surface area contributed by atoms with E-state index < -0.39 is 0 Å². The molecule has 0 bridgehead atoms. The molecule has 0 fully saturated rings. The van der Waals surface area contributed by atoms with Gasteiger partial charge in [-0.25, -0.2) is 19.9 Å². The lowest BCUT2D eigenvalue weighted by Crippen LogP contribution is -2.06. The van der Waals surface area contributed by atoms with Gasteiger partial charge >= 0.3 is 0 Å². The minimum absolute atomic E-state index is 0.659. The molecule has 98 heavy (non-hydrogen) atoms. The van der Waals surface area contributed by atoms with Gasteiger partial charge in [-0.2, -0.15) is 0 Å². The topological polar surface area (TPSA) is 71.3 Å². The molecule has 0 radical (unpaired) electrons. The quantitative estimate of drug-likeness (QED) is 0.160. The Labute approximate surface area is 566 Å². The van der Waals surface area contributed by atoms with Crippen LogP contribution in [0.5, 0.6) is 0 Å². The summed E-state index contributed by atoms with van der Waals surface area (Å²) in [5.74, 6) is 1.32. The van der Waals surface area contributed by atoms with Crippen LogP contribution in [0.15, 0.2) is 311 Å². The van der Waals surface area contributed by atoms with E-state index in [1.165, 1.54) is 68.1 Å². The first-order chi connectivity index (χ1) is 48.6. The Hall–Kier alpha value is -12.3. The maximum absolute atomic E-state index is 5.66. The number of para-hydroxylation sites is 3. The van der Waals surface area contributed by atoms with Gasteiger partial charge in [0.1, 0.15) is 0 Å². The summed E-state index contributed by atoms with van der Waals surface area (Å²) >= 11 is 3.59. The molecule has 6 aromatic heterocycles. The lowest BCUT2D eigenvalue weighted by Gasteiger charge is -2.20. The van der Waals surface area contributed by atoms with Gasteiger partial charge in [0.15, 0.2) is 0 Å². The molecule has 0 saturated carbocycles. The van der Waals surface area contributed by atoms with Gasteiger partial charge in [-0.05, 0) is 135 Å². The van der Waals surface area contributed by atoms with Crippen LogP contribution in [0.1, 0.15) is 0 Å². The summed E-state index contributed by atoms with van der Waals surface area (Å²) in [7, 11) is 0. The molecule has 0 amide bonds. The normalized spacial score (nSPS) is 12.8. The van der Waals surface area contributed by atoms with Gasteiger partial charge in [0.05, 0.1) is 66.6 Å².